The van der Waals surface area contributed by atoms with Gasteiger partial charge >= 0.3 is 5.97 Å². The lowest BCUT2D eigenvalue weighted by Crippen LogP contribution is -2.35. The Kier molecular flexibility index (Phi) is 5.89. The Morgan fingerprint density at radius 3 is 2.29 bits per heavy atom. The minimum atomic E-state index is -0.718. The minimum Gasteiger partial charge on any atom is -0.481 e. The van der Waals surface area contributed by atoms with Crippen molar-refractivity contribution in [1.82, 2.24) is 5.32 Å². The van der Waals surface area contributed by atoms with Crippen molar-refractivity contribution in [3.8, 4) is 5.75 Å². The third-order valence-corrected chi connectivity index (χ3v) is 3.34. The number of carbonyl (C=O) groups excluding carboxylic acids is 2. The van der Waals surface area contributed by atoms with Crippen LogP contribution in [0.25, 0.3) is 0 Å². The van der Waals surface area contributed by atoms with Crippen LogP contribution >= 0.6 is 0 Å². The average molecular weight is 331 g/mol. The number of esters is 1. The zero-order chi connectivity index (χ0) is 17.5. The first kappa shape index (κ1) is 17.5. The van der Waals surface area contributed by atoms with Gasteiger partial charge in [0.25, 0.3) is 5.91 Å². The average Bonchev–Trinajstić information content (AvgIpc) is 2.61. The Bertz CT molecular complexity index is 698. The smallest absolute Gasteiger partial charge is 0.337 e. The van der Waals surface area contributed by atoms with Crippen LogP contribution in [-0.2, 0) is 16.1 Å². The monoisotopic (exact) mass is 331 g/mol. The molecule has 24 heavy (non-hydrogen) atoms. The number of amides is 1. The van der Waals surface area contributed by atoms with E-state index in [2.05, 4.69) is 10.1 Å². The van der Waals surface area contributed by atoms with Gasteiger partial charge in [0.1, 0.15) is 11.6 Å². The van der Waals surface area contributed by atoms with Crippen molar-refractivity contribution in [3.63, 3.8) is 0 Å². The molecule has 0 saturated carbocycles. The number of rotatable bonds is 6. The van der Waals surface area contributed by atoms with Gasteiger partial charge in [0.2, 0.25) is 0 Å². The van der Waals surface area contributed by atoms with Crippen molar-refractivity contribution in [2.24, 2.45) is 0 Å². The van der Waals surface area contributed by atoms with E-state index in [9.17, 15) is 14.0 Å². The number of methoxy groups -OCH3 is 1. The number of benzene rings is 2. The largest absolute Gasteiger partial charge is 0.481 e. The highest BCUT2D eigenvalue weighted by Crippen LogP contribution is 2.13. The second kappa shape index (κ2) is 8.10. The van der Waals surface area contributed by atoms with Crippen LogP contribution in [0.2, 0.25) is 0 Å². The summed E-state index contributed by atoms with van der Waals surface area (Å²) in [6.07, 6.45) is -0.718. The third-order valence-electron chi connectivity index (χ3n) is 3.34. The summed E-state index contributed by atoms with van der Waals surface area (Å²) in [7, 11) is 1.32. The van der Waals surface area contributed by atoms with Gasteiger partial charge in [0, 0.05) is 6.54 Å². The van der Waals surface area contributed by atoms with Crippen LogP contribution in [0.15, 0.2) is 48.5 Å². The summed E-state index contributed by atoms with van der Waals surface area (Å²) >= 11 is 0. The van der Waals surface area contributed by atoms with E-state index >= 15 is 0 Å². The molecule has 0 bridgehead atoms. The Morgan fingerprint density at radius 1 is 1.08 bits per heavy atom. The van der Waals surface area contributed by atoms with Gasteiger partial charge in [-0.2, -0.15) is 0 Å². The van der Waals surface area contributed by atoms with Crippen molar-refractivity contribution in [1.29, 1.82) is 0 Å². The first-order valence-electron chi connectivity index (χ1n) is 7.37. The molecule has 2 rings (SSSR count). The molecule has 0 saturated heterocycles. The van der Waals surface area contributed by atoms with Crippen LogP contribution in [0.1, 0.15) is 22.8 Å². The van der Waals surface area contributed by atoms with Crippen LogP contribution in [0.3, 0.4) is 0 Å². The molecule has 1 N–H and O–H groups in total. The summed E-state index contributed by atoms with van der Waals surface area (Å²) in [5.41, 5.74) is 1.28. The maximum absolute atomic E-state index is 12.8. The van der Waals surface area contributed by atoms with E-state index in [-0.39, 0.29) is 11.7 Å². The van der Waals surface area contributed by atoms with E-state index in [0.717, 1.165) is 5.56 Å². The molecule has 1 atom stereocenters. The fourth-order valence-corrected chi connectivity index (χ4v) is 1.98. The number of hydrogen-bond acceptors (Lipinski definition) is 4. The van der Waals surface area contributed by atoms with E-state index in [1.54, 1.807) is 31.2 Å². The molecule has 0 aliphatic rings. The SMILES string of the molecule is COC(=O)c1ccc(CNC(=O)C(C)Oc2ccc(F)cc2)cc1. The van der Waals surface area contributed by atoms with Crippen molar-refractivity contribution in [2.45, 2.75) is 19.6 Å². The van der Waals surface area contributed by atoms with E-state index < -0.39 is 12.1 Å². The van der Waals surface area contributed by atoms with Gasteiger partial charge in [-0.15, -0.1) is 0 Å². The molecule has 1 unspecified atom stereocenters. The molecule has 0 spiro atoms. The third kappa shape index (κ3) is 4.81. The molecule has 2 aromatic rings. The lowest BCUT2D eigenvalue weighted by molar-refractivity contribution is -0.127. The van der Waals surface area contributed by atoms with Gasteiger partial charge in [-0.1, -0.05) is 12.1 Å². The van der Waals surface area contributed by atoms with Crippen LogP contribution in [0.4, 0.5) is 4.39 Å². The molecule has 126 valence electrons. The molecule has 6 heteroatoms. The fourth-order valence-electron chi connectivity index (χ4n) is 1.98. The van der Waals surface area contributed by atoms with Gasteiger partial charge in [-0.05, 0) is 48.9 Å². The lowest BCUT2D eigenvalue weighted by atomic mass is 10.1. The topological polar surface area (TPSA) is 64.6 Å². The second-order valence-electron chi connectivity index (χ2n) is 5.12. The summed E-state index contributed by atoms with van der Waals surface area (Å²) in [6, 6.07) is 12.2. The van der Waals surface area contributed by atoms with Crippen LogP contribution in [0, 0.1) is 5.82 Å². The normalized spacial score (nSPS) is 11.5. The summed E-state index contributed by atoms with van der Waals surface area (Å²) in [5, 5.41) is 2.74. The van der Waals surface area contributed by atoms with Gasteiger partial charge in [-0.3, -0.25) is 4.79 Å². The van der Waals surface area contributed by atoms with E-state index in [1.807, 2.05) is 0 Å². The zero-order valence-corrected chi connectivity index (χ0v) is 13.4. The second-order valence-corrected chi connectivity index (χ2v) is 5.12. The maximum atomic E-state index is 12.8. The molecule has 0 radical (unpaired) electrons. The molecule has 0 heterocycles. The number of hydrogen-bond donors (Lipinski definition) is 1. The molecule has 0 aliphatic carbocycles. The highest BCUT2D eigenvalue weighted by atomic mass is 19.1. The highest BCUT2D eigenvalue weighted by Gasteiger charge is 2.14. The van der Waals surface area contributed by atoms with Crippen LogP contribution < -0.4 is 10.1 Å². The quantitative estimate of drug-likeness (QED) is 0.827. The molecule has 2 aromatic carbocycles. The van der Waals surface area contributed by atoms with Gasteiger partial charge in [0.05, 0.1) is 12.7 Å². The molecule has 0 fully saturated rings. The van der Waals surface area contributed by atoms with Crippen molar-refractivity contribution in [3.05, 3.63) is 65.5 Å². The summed E-state index contributed by atoms with van der Waals surface area (Å²) < 4.78 is 22.9. The first-order valence-corrected chi connectivity index (χ1v) is 7.37. The Labute approximate surface area is 139 Å². The summed E-state index contributed by atoms with van der Waals surface area (Å²) in [4.78, 5) is 23.4. The van der Waals surface area contributed by atoms with Gasteiger partial charge in [-0.25, -0.2) is 9.18 Å². The molecular formula is C18H18FNO4. The minimum absolute atomic E-state index is 0.295. The summed E-state index contributed by atoms with van der Waals surface area (Å²) in [6.45, 7) is 1.91. The first-order chi connectivity index (χ1) is 11.5. The van der Waals surface area contributed by atoms with Crippen molar-refractivity contribution in [2.75, 3.05) is 7.11 Å². The molecule has 1 amide bonds. The molecule has 0 aromatic heterocycles. The molecule has 0 aliphatic heterocycles. The molecule has 5 nitrogen and oxygen atoms in total. The number of carbonyl (C=O) groups is 2. The summed E-state index contributed by atoms with van der Waals surface area (Å²) in [5.74, 6) is -0.653. The Morgan fingerprint density at radius 2 is 1.71 bits per heavy atom. The van der Waals surface area contributed by atoms with Crippen molar-refractivity contribution >= 4 is 11.9 Å². The number of ether oxygens (including phenoxy) is 2. The van der Waals surface area contributed by atoms with Crippen LogP contribution in [-0.4, -0.2) is 25.1 Å². The Hall–Kier alpha value is -2.89. The fraction of sp³-hybridized carbons (Fsp3) is 0.222. The lowest BCUT2D eigenvalue weighted by Gasteiger charge is -2.14. The van der Waals surface area contributed by atoms with Gasteiger partial charge in [0.15, 0.2) is 6.10 Å². The van der Waals surface area contributed by atoms with Crippen molar-refractivity contribution < 1.29 is 23.5 Å². The highest BCUT2D eigenvalue weighted by molar-refractivity contribution is 5.89. The van der Waals surface area contributed by atoms with E-state index in [1.165, 1.54) is 31.4 Å². The van der Waals surface area contributed by atoms with Crippen LogP contribution in [0.5, 0.6) is 5.75 Å². The number of nitrogens with one attached hydrogen (secondary N) is 1. The van der Waals surface area contributed by atoms with E-state index in [4.69, 9.17) is 4.74 Å². The van der Waals surface area contributed by atoms with Gasteiger partial charge < -0.3 is 14.8 Å². The zero-order valence-electron chi connectivity index (χ0n) is 13.4. The number of halogens is 1. The maximum Gasteiger partial charge on any atom is 0.337 e. The predicted octanol–water partition coefficient (Wildman–Crippen LogP) is 2.70. The molecular weight excluding hydrogens is 313 g/mol. The standard InChI is InChI=1S/C18H18FNO4/c1-12(24-16-9-7-15(19)8-10-16)17(21)20-11-13-3-5-14(6-4-13)18(22)23-2/h3-10,12H,11H2,1-2H3,(H,20,21). The Balaban J connectivity index is 1.85. The van der Waals surface area contributed by atoms with E-state index in [0.29, 0.717) is 17.9 Å². The predicted molar refractivity (Wildman–Crippen MR) is 86.1 cm³/mol.